The van der Waals surface area contributed by atoms with Crippen molar-refractivity contribution in [1.82, 2.24) is 9.88 Å². The van der Waals surface area contributed by atoms with E-state index in [0.717, 1.165) is 47.4 Å². The van der Waals surface area contributed by atoms with Gasteiger partial charge in [0.15, 0.2) is 5.76 Å². The summed E-state index contributed by atoms with van der Waals surface area (Å²) >= 11 is 6.41. The quantitative estimate of drug-likeness (QED) is 0.609. The van der Waals surface area contributed by atoms with Gasteiger partial charge in [-0.1, -0.05) is 29.8 Å². The van der Waals surface area contributed by atoms with Crippen molar-refractivity contribution in [2.45, 2.75) is 25.4 Å². The smallest absolute Gasteiger partial charge is 0.209 e. The molecule has 0 spiro atoms. The van der Waals surface area contributed by atoms with Gasteiger partial charge in [-0.05, 0) is 55.3 Å². The molecule has 1 aliphatic heterocycles. The van der Waals surface area contributed by atoms with E-state index in [9.17, 15) is 0 Å². The van der Waals surface area contributed by atoms with Gasteiger partial charge in [-0.25, -0.2) is 4.98 Å². The Morgan fingerprint density at radius 2 is 2.00 bits per heavy atom. The molecule has 1 aliphatic rings. The highest BCUT2D eigenvalue weighted by Gasteiger charge is 2.28. The summed E-state index contributed by atoms with van der Waals surface area (Å²) in [4.78, 5) is 6.87. The monoisotopic (exact) mass is 368 g/mol. The van der Waals surface area contributed by atoms with E-state index in [-0.39, 0.29) is 0 Å². The summed E-state index contributed by atoms with van der Waals surface area (Å²) in [5.41, 5.74) is 2.18. The molecule has 3 aromatic rings. The van der Waals surface area contributed by atoms with Crippen LogP contribution in [0.1, 0.15) is 30.3 Å². The molecule has 2 aromatic carbocycles. The molecule has 0 aliphatic carbocycles. The zero-order valence-corrected chi connectivity index (χ0v) is 15.4. The van der Waals surface area contributed by atoms with Gasteiger partial charge in [0.05, 0.1) is 19.9 Å². The Labute approximate surface area is 158 Å². The summed E-state index contributed by atoms with van der Waals surface area (Å²) in [5, 5.41) is 0.829. The van der Waals surface area contributed by atoms with E-state index < -0.39 is 0 Å². The number of nitrogens with zero attached hydrogens (tertiary/aromatic N) is 2. The predicted molar refractivity (Wildman–Crippen MR) is 102 cm³/mol. The molecule has 5 heteroatoms. The summed E-state index contributed by atoms with van der Waals surface area (Å²) in [6.07, 6.45) is 4.05. The first-order valence-corrected chi connectivity index (χ1v) is 9.20. The third-order valence-electron chi connectivity index (χ3n) is 4.89. The summed E-state index contributed by atoms with van der Waals surface area (Å²) in [6, 6.07) is 16.2. The van der Waals surface area contributed by atoms with Crippen molar-refractivity contribution in [2.75, 3.05) is 13.7 Å². The Bertz CT molecular complexity index is 876. The van der Waals surface area contributed by atoms with E-state index in [0.29, 0.717) is 12.6 Å². The summed E-state index contributed by atoms with van der Waals surface area (Å²) < 4.78 is 11.2. The molecule has 0 saturated carbocycles. The second-order valence-corrected chi connectivity index (χ2v) is 6.90. The highest BCUT2D eigenvalue weighted by molar-refractivity contribution is 6.31. The van der Waals surface area contributed by atoms with E-state index in [1.54, 1.807) is 13.3 Å². The minimum absolute atomic E-state index is 0.319. The lowest BCUT2D eigenvalue weighted by atomic mass is 10.0. The average molecular weight is 369 g/mol. The molecule has 0 amide bonds. The van der Waals surface area contributed by atoms with Crippen LogP contribution in [0.5, 0.6) is 5.75 Å². The highest BCUT2D eigenvalue weighted by Crippen LogP contribution is 2.36. The third kappa shape index (κ3) is 3.48. The van der Waals surface area contributed by atoms with Crippen molar-refractivity contribution < 1.29 is 9.15 Å². The maximum absolute atomic E-state index is 6.41. The number of rotatable bonds is 5. The first-order valence-electron chi connectivity index (χ1n) is 8.82. The lowest BCUT2D eigenvalue weighted by Gasteiger charge is -2.24. The number of hydrogen-bond acceptors (Lipinski definition) is 4. The van der Waals surface area contributed by atoms with Crippen LogP contribution >= 0.6 is 11.6 Å². The topological polar surface area (TPSA) is 38.5 Å². The predicted octanol–water partition coefficient (Wildman–Crippen LogP) is 5.34. The molecule has 4 rings (SSSR count). The fourth-order valence-corrected chi connectivity index (χ4v) is 3.82. The van der Waals surface area contributed by atoms with Gasteiger partial charge in [0.25, 0.3) is 0 Å². The molecule has 0 N–H and O–H groups in total. The first kappa shape index (κ1) is 17.1. The second kappa shape index (κ2) is 7.52. The number of oxazole rings is 1. The Morgan fingerprint density at radius 1 is 1.19 bits per heavy atom. The minimum atomic E-state index is 0.319. The van der Waals surface area contributed by atoms with Crippen LogP contribution < -0.4 is 4.74 Å². The van der Waals surface area contributed by atoms with E-state index in [1.165, 1.54) is 5.56 Å². The van der Waals surface area contributed by atoms with E-state index in [2.05, 4.69) is 16.0 Å². The van der Waals surface area contributed by atoms with Crippen molar-refractivity contribution in [2.24, 2.45) is 0 Å². The van der Waals surface area contributed by atoms with Gasteiger partial charge in [0.1, 0.15) is 5.75 Å². The molecular formula is C21H21ClN2O2. The first-order chi connectivity index (χ1) is 12.7. The van der Waals surface area contributed by atoms with Gasteiger partial charge in [-0.15, -0.1) is 0 Å². The average Bonchev–Trinajstić information content (AvgIpc) is 3.32. The molecule has 1 saturated heterocycles. The number of aromatic nitrogens is 1. The second-order valence-electron chi connectivity index (χ2n) is 6.50. The molecule has 134 valence electrons. The van der Waals surface area contributed by atoms with Gasteiger partial charge in [-0.3, -0.25) is 4.90 Å². The van der Waals surface area contributed by atoms with Crippen molar-refractivity contribution in [3.63, 3.8) is 0 Å². The number of ether oxygens (including phenoxy) is 1. The lowest BCUT2D eigenvalue weighted by Crippen LogP contribution is -2.23. The van der Waals surface area contributed by atoms with E-state index >= 15 is 0 Å². The summed E-state index contributed by atoms with van der Waals surface area (Å²) in [7, 11) is 1.66. The Kier molecular flexibility index (Phi) is 4.96. The maximum atomic E-state index is 6.41. The van der Waals surface area contributed by atoms with E-state index in [4.69, 9.17) is 20.8 Å². The third-order valence-corrected chi connectivity index (χ3v) is 5.24. The van der Waals surface area contributed by atoms with Crippen LogP contribution in [0.25, 0.3) is 11.3 Å². The van der Waals surface area contributed by atoms with E-state index in [1.807, 2.05) is 42.5 Å². The van der Waals surface area contributed by atoms with Crippen LogP contribution in [0.3, 0.4) is 0 Å². The van der Waals surface area contributed by atoms with Crippen LogP contribution in [0.2, 0.25) is 5.02 Å². The summed E-state index contributed by atoms with van der Waals surface area (Å²) in [6.45, 7) is 1.71. The number of halogens is 1. The fourth-order valence-electron chi connectivity index (χ4n) is 3.56. The number of likely N-dealkylation sites (tertiary alicyclic amines) is 1. The van der Waals surface area contributed by atoms with Crippen LogP contribution in [0.15, 0.2) is 59.1 Å². The normalized spacial score (nSPS) is 17.5. The van der Waals surface area contributed by atoms with Gasteiger partial charge in [0, 0.05) is 16.6 Å². The number of methoxy groups -OCH3 is 1. The van der Waals surface area contributed by atoms with Crippen LogP contribution in [-0.4, -0.2) is 23.5 Å². The van der Waals surface area contributed by atoms with Gasteiger partial charge >= 0.3 is 0 Å². The summed E-state index contributed by atoms with van der Waals surface area (Å²) in [5.74, 6) is 2.33. The number of benzene rings is 2. The largest absolute Gasteiger partial charge is 0.497 e. The van der Waals surface area contributed by atoms with Crippen LogP contribution in [-0.2, 0) is 6.54 Å². The molecule has 2 heterocycles. The fraction of sp³-hybridized carbons (Fsp3) is 0.286. The molecule has 1 atom stereocenters. The Morgan fingerprint density at radius 3 is 2.77 bits per heavy atom. The van der Waals surface area contributed by atoms with Crippen molar-refractivity contribution >= 4 is 11.6 Å². The highest BCUT2D eigenvalue weighted by atomic mass is 35.5. The van der Waals surface area contributed by atoms with Gasteiger partial charge < -0.3 is 9.15 Å². The SMILES string of the molecule is COc1ccc(-c2cnc(CN3CCCC3c3ccccc3Cl)o2)cc1. The van der Waals surface area contributed by atoms with Gasteiger partial charge in [0.2, 0.25) is 5.89 Å². The Balaban J connectivity index is 1.50. The standard InChI is InChI=1S/C21H21ClN2O2/c1-25-16-10-8-15(9-11-16)20-13-23-21(26-20)14-24-12-4-7-19(24)17-5-2-3-6-18(17)22/h2-3,5-6,8-11,13,19H,4,7,12,14H2,1H3. The molecule has 1 aromatic heterocycles. The maximum Gasteiger partial charge on any atom is 0.209 e. The zero-order valence-electron chi connectivity index (χ0n) is 14.7. The molecule has 1 fully saturated rings. The number of hydrogen-bond donors (Lipinski definition) is 0. The molecule has 0 radical (unpaired) electrons. The van der Waals surface area contributed by atoms with Gasteiger partial charge in [-0.2, -0.15) is 0 Å². The van der Waals surface area contributed by atoms with Crippen molar-refractivity contribution in [1.29, 1.82) is 0 Å². The molecule has 1 unspecified atom stereocenters. The molecular weight excluding hydrogens is 348 g/mol. The molecule has 0 bridgehead atoms. The van der Waals surface area contributed by atoms with Crippen molar-refractivity contribution in [3.05, 3.63) is 71.2 Å². The molecule has 4 nitrogen and oxygen atoms in total. The molecule has 26 heavy (non-hydrogen) atoms. The minimum Gasteiger partial charge on any atom is -0.497 e. The van der Waals surface area contributed by atoms with Crippen LogP contribution in [0, 0.1) is 0 Å². The lowest BCUT2D eigenvalue weighted by molar-refractivity contribution is 0.224. The van der Waals surface area contributed by atoms with Crippen molar-refractivity contribution in [3.8, 4) is 17.1 Å². The Hall–Kier alpha value is -2.30. The van der Waals surface area contributed by atoms with Crippen LogP contribution in [0.4, 0.5) is 0 Å². The zero-order chi connectivity index (χ0) is 17.9.